The number of nitrogens with zero attached hydrogens (tertiary/aromatic N) is 3. The molecule has 3 heterocycles. The van der Waals surface area contributed by atoms with Crippen molar-refractivity contribution in [3.63, 3.8) is 0 Å². The molecule has 0 spiro atoms. The molecule has 0 bridgehead atoms. The number of imidazole rings is 2. The Labute approximate surface area is 119 Å². The summed E-state index contributed by atoms with van der Waals surface area (Å²) < 4.78 is 7.99. The number of nitrogens with one attached hydrogen (secondary N) is 1. The van der Waals surface area contributed by atoms with E-state index in [0.29, 0.717) is 6.10 Å². The first-order valence-electron chi connectivity index (χ1n) is 7.46. The van der Waals surface area contributed by atoms with Crippen LogP contribution in [-0.4, -0.2) is 32.2 Å². The Hall–Kier alpha value is -1.62. The molecule has 0 aliphatic carbocycles. The summed E-state index contributed by atoms with van der Waals surface area (Å²) in [6, 6.07) is 0. The monoisotopic (exact) mass is 274 g/mol. The summed E-state index contributed by atoms with van der Waals surface area (Å²) in [4.78, 5) is 12.4. The van der Waals surface area contributed by atoms with Crippen molar-refractivity contribution in [1.82, 2.24) is 19.5 Å². The van der Waals surface area contributed by atoms with E-state index >= 15 is 0 Å². The van der Waals surface area contributed by atoms with Crippen LogP contribution >= 0.6 is 0 Å². The number of rotatable bonds is 4. The highest BCUT2D eigenvalue weighted by atomic mass is 16.5. The summed E-state index contributed by atoms with van der Waals surface area (Å²) in [6.45, 7) is 5.90. The molecule has 5 heteroatoms. The highest BCUT2D eigenvalue weighted by Gasteiger charge is 2.18. The normalized spacial score (nSPS) is 19.4. The zero-order chi connectivity index (χ0) is 13.9. The van der Waals surface area contributed by atoms with E-state index in [4.69, 9.17) is 4.74 Å². The molecule has 5 nitrogen and oxygen atoms in total. The molecule has 1 atom stereocenters. The third kappa shape index (κ3) is 2.63. The molecular weight excluding hydrogens is 252 g/mol. The number of aromatic nitrogens is 4. The molecule has 1 N–H and O–H groups in total. The van der Waals surface area contributed by atoms with Crippen LogP contribution in [0.4, 0.5) is 0 Å². The minimum atomic E-state index is 0.307. The predicted molar refractivity (Wildman–Crippen MR) is 77.5 cm³/mol. The van der Waals surface area contributed by atoms with Crippen molar-refractivity contribution in [3.05, 3.63) is 23.9 Å². The van der Waals surface area contributed by atoms with Gasteiger partial charge in [0.1, 0.15) is 11.5 Å². The van der Waals surface area contributed by atoms with E-state index in [0.717, 1.165) is 49.0 Å². The maximum Gasteiger partial charge on any atom is 0.160 e. The van der Waals surface area contributed by atoms with Gasteiger partial charge in [0.05, 0.1) is 12.6 Å². The van der Waals surface area contributed by atoms with Gasteiger partial charge >= 0.3 is 0 Å². The fraction of sp³-hybridized carbons (Fsp3) is 0.600. The molecule has 3 rings (SSSR count). The molecule has 2 aromatic rings. The van der Waals surface area contributed by atoms with Crippen LogP contribution in [0, 0.1) is 6.92 Å². The van der Waals surface area contributed by atoms with E-state index in [-0.39, 0.29) is 0 Å². The summed E-state index contributed by atoms with van der Waals surface area (Å²) in [7, 11) is 0. The first kappa shape index (κ1) is 13.4. The summed E-state index contributed by atoms with van der Waals surface area (Å²) in [5, 5.41) is 0. The second kappa shape index (κ2) is 5.79. The quantitative estimate of drug-likeness (QED) is 0.932. The van der Waals surface area contributed by atoms with Gasteiger partial charge in [-0.1, -0.05) is 6.92 Å². The number of hydrogen-bond acceptors (Lipinski definition) is 3. The highest BCUT2D eigenvalue weighted by Crippen LogP contribution is 2.22. The van der Waals surface area contributed by atoms with Crippen LogP contribution in [0.5, 0.6) is 0 Å². The maximum atomic E-state index is 5.82. The van der Waals surface area contributed by atoms with Gasteiger partial charge in [-0.25, -0.2) is 9.97 Å². The molecule has 2 aromatic heterocycles. The lowest BCUT2D eigenvalue weighted by Gasteiger charge is -2.23. The number of aryl methyl sites for hydroxylation is 2. The average Bonchev–Trinajstić information content (AvgIpc) is 3.06. The van der Waals surface area contributed by atoms with Crippen molar-refractivity contribution in [2.75, 3.05) is 6.61 Å². The molecule has 108 valence electrons. The van der Waals surface area contributed by atoms with Gasteiger partial charge in [0, 0.05) is 31.1 Å². The fourth-order valence-electron chi connectivity index (χ4n) is 2.75. The Kier molecular flexibility index (Phi) is 3.87. The second-order valence-corrected chi connectivity index (χ2v) is 5.40. The van der Waals surface area contributed by atoms with Crippen LogP contribution < -0.4 is 0 Å². The van der Waals surface area contributed by atoms with Gasteiger partial charge in [-0.2, -0.15) is 0 Å². The first-order chi connectivity index (χ1) is 9.78. The Morgan fingerprint density at radius 3 is 3.05 bits per heavy atom. The fourth-order valence-corrected chi connectivity index (χ4v) is 2.75. The molecular formula is C15H22N4O. The van der Waals surface area contributed by atoms with E-state index in [1.807, 2.05) is 12.4 Å². The molecule has 20 heavy (non-hydrogen) atoms. The van der Waals surface area contributed by atoms with Crippen molar-refractivity contribution >= 4 is 0 Å². The van der Waals surface area contributed by atoms with E-state index in [1.165, 1.54) is 12.8 Å². The zero-order valence-electron chi connectivity index (χ0n) is 12.2. The lowest BCUT2D eigenvalue weighted by Crippen LogP contribution is -2.24. The molecule has 0 aromatic carbocycles. The molecule has 0 saturated carbocycles. The Morgan fingerprint density at radius 1 is 1.45 bits per heavy atom. The molecule has 1 aliphatic heterocycles. The maximum absolute atomic E-state index is 5.82. The summed E-state index contributed by atoms with van der Waals surface area (Å²) in [5.41, 5.74) is 2.04. The molecule has 0 radical (unpaired) electrons. The predicted octanol–water partition coefficient (Wildman–Crippen LogP) is 2.71. The van der Waals surface area contributed by atoms with Gasteiger partial charge in [0.25, 0.3) is 0 Å². The number of H-pyrrole nitrogens is 1. The zero-order valence-corrected chi connectivity index (χ0v) is 12.2. The Balaban J connectivity index is 1.83. The Bertz CT molecular complexity index is 566. The number of hydrogen-bond donors (Lipinski definition) is 1. The van der Waals surface area contributed by atoms with Crippen LogP contribution in [0.3, 0.4) is 0 Å². The number of ether oxygens (including phenoxy) is 1. The van der Waals surface area contributed by atoms with Gasteiger partial charge in [-0.3, -0.25) is 0 Å². The lowest BCUT2D eigenvalue weighted by molar-refractivity contribution is 0.00623. The molecule has 1 aliphatic rings. The standard InChI is InChI=1S/C15H22N4O/c1-3-13-17-11(2)14(18-13)15-16-7-8-19(15)10-12-6-4-5-9-20-12/h7-8,12H,3-6,9-10H2,1-2H3,(H,17,18). The van der Waals surface area contributed by atoms with E-state index in [2.05, 4.69) is 33.4 Å². The van der Waals surface area contributed by atoms with Crippen LogP contribution in [-0.2, 0) is 17.7 Å². The van der Waals surface area contributed by atoms with Gasteiger partial charge in [0.2, 0.25) is 0 Å². The molecule has 0 amide bonds. The third-order valence-electron chi connectivity index (χ3n) is 3.87. The molecule has 1 fully saturated rings. The van der Waals surface area contributed by atoms with Crippen LogP contribution in [0.25, 0.3) is 11.5 Å². The van der Waals surface area contributed by atoms with E-state index in [9.17, 15) is 0 Å². The van der Waals surface area contributed by atoms with Crippen molar-refractivity contribution in [3.8, 4) is 11.5 Å². The first-order valence-corrected chi connectivity index (χ1v) is 7.46. The van der Waals surface area contributed by atoms with Crippen molar-refractivity contribution in [1.29, 1.82) is 0 Å². The summed E-state index contributed by atoms with van der Waals surface area (Å²) in [5.74, 6) is 1.95. The summed E-state index contributed by atoms with van der Waals surface area (Å²) >= 11 is 0. The Morgan fingerprint density at radius 2 is 2.35 bits per heavy atom. The topological polar surface area (TPSA) is 55.7 Å². The van der Waals surface area contributed by atoms with E-state index in [1.54, 1.807) is 0 Å². The third-order valence-corrected chi connectivity index (χ3v) is 3.87. The minimum absolute atomic E-state index is 0.307. The van der Waals surface area contributed by atoms with Crippen molar-refractivity contribution < 1.29 is 4.74 Å². The van der Waals surface area contributed by atoms with Crippen LogP contribution in [0.15, 0.2) is 12.4 Å². The molecule has 1 unspecified atom stereocenters. The smallest absolute Gasteiger partial charge is 0.160 e. The average molecular weight is 274 g/mol. The largest absolute Gasteiger partial charge is 0.376 e. The second-order valence-electron chi connectivity index (χ2n) is 5.40. The van der Waals surface area contributed by atoms with Gasteiger partial charge in [-0.05, 0) is 26.2 Å². The highest BCUT2D eigenvalue weighted by molar-refractivity contribution is 5.53. The summed E-state index contributed by atoms with van der Waals surface area (Å²) in [6.07, 6.45) is 8.67. The van der Waals surface area contributed by atoms with E-state index < -0.39 is 0 Å². The van der Waals surface area contributed by atoms with Gasteiger partial charge in [0.15, 0.2) is 5.82 Å². The van der Waals surface area contributed by atoms with Crippen LogP contribution in [0.2, 0.25) is 0 Å². The number of aromatic amines is 1. The minimum Gasteiger partial charge on any atom is -0.376 e. The van der Waals surface area contributed by atoms with Crippen LogP contribution in [0.1, 0.15) is 37.7 Å². The lowest BCUT2D eigenvalue weighted by atomic mass is 10.1. The van der Waals surface area contributed by atoms with Crippen molar-refractivity contribution in [2.24, 2.45) is 0 Å². The molecule has 1 saturated heterocycles. The van der Waals surface area contributed by atoms with Gasteiger partial charge in [-0.15, -0.1) is 0 Å². The SMILES string of the molecule is CCc1nc(-c2nccn2CC2CCCCO2)c(C)[nH]1. The van der Waals surface area contributed by atoms with Crippen molar-refractivity contribution in [2.45, 2.75) is 52.2 Å². The van der Waals surface area contributed by atoms with Gasteiger partial charge < -0.3 is 14.3 Å².